The molecule has 0 spiro atoms. The van der Waals surface area contributed by atoms with E-state index in [4.69, 9.17) is 21.1 Å². The van der Waals surface area contributed by atoms with Crippen molar-refractivity contribution in [3.8, 4) is 11.5 Å². The van der Waals surface area contributed by atoms with Crippen molar-refractivity contribution in [3.63, 3.8) is 0 Å². The van der Waals surface area contributed by atoms with Gasteiger partial charge in [0.05, 0.1) is 32.7 Å². The molecule has 0 heterocycles. The van der Waals surface area contributed by atoms with Crippen molar-refractivity contribution < 1.29 is 22.3 Å². The maximum atomic E-state index is 14.0. The van der Waals surface area contributed by atoms with E-state index in [0.29, 0.717) is 17.2 Å². The van der Waals surface area contributed by atoms with E-state index in [2.05, 4.69) is 0 Å². The molecule has 0 aliphatic carbocycles. The van der Waals surface area contributed by atoms with Gasteiger partial charge in [-0.25, -0.2) is 12.8 Å². The van der Waals surface area contributed by atoms with Crippen LogP contribution in [0.15, 0.2) is 36.4 Å². The summed E-state index contributed by atoms with van der Waals surface area (Å²) in [6.45, 7) is -0.236. The summed E-state index contributed by atoms with van der Waals surface area (Å²) in [6.07, 6.45) is 1.04. The number of hydrogen-bond donors (Lipinski definition) is 0. The van der Waals surface area contributed by atoms with E-state index >= 15 is 0 Å². The fourth-order valence-corrected chi connectivity index (χ4v) is 3.29. The Morgan fingerprint density at radius 3 is 2.33 bits per heavy atom. The van der Waals surface area contributed by atoms with Crippen molar-refractivity contribution >= 4 is 27.3 Å². The third-order valence-corrected chi connectivity index (χ3v) is 4.91. The summed E-state index contributed by atoms with van der Waals surface area (Å²) in [4.78, 5) is 0. The van der Waals surface area contributed by atoms with Gasteiger partial charge in [-0.3, -0.25) is 4.31 Å². The van der Waals surface area contributed by atoms with Crippen molar-refractivity contribution in [3.05, 3.63) is 52.8 Å². The van der Waals surface area contributed by atoms with E-state index in [-0.39, 0.29) is 17.1 Å². The summed E-state index contributed by atoms with van der Waals surface area (Å²) >= 11 is 6.01. The van der Waals surface area contributed by atoms with E-state index < -0.39 is 15.8 Å². The van der Waals surface area contributed by atoms with Gasteiger partial charge in [0.15, 0.2) is 11.5 Å². The molecule has 130 valence electrons. The predicted octanol–water partition coefficient (Wildman–Crippen LogP) is 3.46. The number of sulfonamides is 1. The first-order valence-corrected chi connectivity index (χ1v) is 9.13. The van der Waals surface area contributed by atoms with Crippen LogP contribution in [0.4, 0.5) is 10.1 Å². The Bertz CT molecular complexity index is 822. The molecule has 2 aromatic carbocycles. The molecule has 5 nitrogen and oxygen atoms in total. The lowest BCUT2D eigenvalue weighted by Crippen LogP contribution is -2.29. The molecule has 0 aliphatic heterocycles. The van der Waals surface area contributed by atoms with Gasteiger partial charge in [-0.1, -0.05) is 17.7 Å². The largest absolute Gasteiger partial charge is 0.493 e. The molecular formula is C16H17ClFNO4S. The SMILES string of the molecule is COc1ccc(N(Cc2c(F)cccc2Cl)S(C)(=O)=O)cc1OC. The topological polar surface area (TPSA) is 55.8 Å². The highest BCUT2D eigenvalue weighted by Crippen LogP contribution is 2.34. The zero-order valence-corrected chi connectivity index (χ0v) is 15.0. The van der Waals surface area contributed by atoms with Crippen LogP contribution in [0.25, 0.3) is 0 Å². The van der Waals surface area contributed by atoms with Crippen LogP contribution in [-0.2, 0) is 16.6 Å². The first kappa shape index (κ1) is 18.4. The van der Waals surface area contributed by atoms with Gasteiger partial charge in [0.2, 0.25) is 10.0 Å². The molecule has 24 heavy (non-hydrogen) atoms. The minimum atomic E-state index is -3.68. The number of ether oxygens (including phenoxy) is 2. The second kappa shape index (κ2) is 7.27. The van der Waals surface area contributed by atoms with E-state index in [1.165, 1.54) is 38.5 Å². The maximum absolute atomic E-state index is 14.0. The van der Waals surface area contributed by atoms with Crippen LogP contribution < -0.4 is 13.8 Å². The summed E-state index contributed by atoms with van der Waals surface area (Å²) in [5.74, 6) is 0.249. The molecule has 0 atom stereocenters. The highest BCUT2D eigenvalue weighted by molar-refractivity contribution is 7.92. The van der Waals surface area contributed by atoms with Crippen LogP contribution in [0.5, 0.6) is 11.5 Å². The van der Waals surface area contributed by atoms with Crippen molar-refractivity contribution in [2.45, 2.75) is 6.54 Å². The summed E-state index contributed by atoms with van der Waals surface area (Å²) in [6, 6.07) is 8.84. The summed E-state index contributed by atoms with van der Waals surface area (Å²) in [5, 5.41) is 0.157. The van der Waals surface area contributed by atoms with Crippen LogP contribution in [0, 0.1) is 5.82 Å². The molecule has 0 fully saturated rings. The molecule has 0 saturated carbocycles. The van der Waals surface area contributed by atoms with Crippen LogP contribution in [0.2, 0.25) is 5.02 Å². The Hall–Kier alpha value is -1.99. The lowest BCUT2D eigenvalue weighted by atomic mass is 10.2. The van der Waals surface area contributed by atoms with Gasteiger partial charge in [-0.05, 0) is 24.3 Å². The number of anilines is 1. The number of halogens is 2. The molecule has 0 aliphatic rings. The molecule has 0 unspecified atom stereocenters. The molecule has 2 rings (SSSR count). The minimum Gasteiger partial charge on any atom is -0.493 e. The Morgan fingerprint density at radius 2 is 1.79 bits per heavy atom. The second-order valence-corrected chi connectivity index (χ2v) is 7.32. The summed E-state index contributed by atoms with van der Waals surface area (Å²) < 4.78 is 49.8. The monoisotopic (exact) mass is 373 g/mol. The van der Waals surface area contributed by atoms with Gasteiger partial charge >= 0.3 is 0 Å². The number of hydrogen-bond acceptors (Lipinski definition) is 4. The van der Waals surface area contributed by atoms with Crippen molar-refractivity contribution in [2.75, 3.05) is 24.8 Å². The number of benzene rings is 2. The van der Waals surface area contributed by atoms with E-state index in [1.54, 1.807) is 12.1 Å². The highest BCUT2D eigenvalue weighted by atomic mass is 35.5. The van der Waals surface area contributed by atoms with Crippen molar-refractivity contribution in [1.29, 1.82) is 0 Å². The smallest absolute Gasteiger partial charge is 0.232 e. The molecule has 2 aromatic rings. The van der Waals surface area contributed by atoms with Gasteiger partial charge in [0.1, 0.15) is 5.82 Å². The highest BCUT2D eigenvalue weighted by Gasteiger charge is 2.22. The molecule has 0 amide bonds. The minimum absolute atomic E-state index is 0.0966. The first-order chi connectivity index (χ1) is 11.3. The summed E-state index contributed by atoms with van der Waals surface area (Å²) in [7, 11) is -0.761. The van der Waals surface area contributed by atoms with Crippen molar-refractivity contribution in [2.24, 2.45) is 0 Å². The van der Waals surface area contributed by atoms with E-state index in [0.717, 1.165) is 10.6 Å². The fourth-order valence-electron chi connectivity index (χ4n) is 2.21. The quantitative estimate of drug-likeness (QED) is 0.778. The average Bonchev–Trinajstić information content (AvgIpc) is 2.52. The van der Waals surface area contributed by atoms with Gasteiger partial charge in [0.25, 0.3) is 0 Å². The van der Waals surface area contributed by atoms with Gasteiger partial charge in [-0.15, -0.1) is 0 Å². The molecular weight excluding hydrogens is 357 g/mol. The van der Waals surface area contributed by atoms with Crippen molar-refractivity contribution in [1.82, 2.24) is 0 Å². The van der Waals surface area contributed by atoms with Gasteiger partial charge in [0, 0.05) is 16.7 Å². The fraction of sp³-hybridized carbons (Fsp3) is 0.250. The first-order valence-electron chi connectivity index (χ1n) is 6.90. The van der Waals surface area contributed by atoms with Gasteiger partial charge < -0.3 is 9.47 Å². The maximum Gasteiger partial charge on any atom is 0.232 e. The van der Waals surface area contributed by atoms with Gasteiger partial charge in [-0.2, -0.15) is 0 Å². The van der Waals surface area contributed by atoms with E-state index in [9.17, 15) is 12.8 Å². The molecule has 8 heteroatoms. The zero-order valence-electron chi connectivity index (χ0n) is 13.4. The molecule has 0 radical (unpaired) electrons. The van der Waals surface area contributed by atoms with Crippen LogP contribution >= 0.6 is 11.6 Å². The normalized spacial score (nSPS) is 11.2. The Labute approximate surface area is 145 Å². The van der Waals surface area contributed by atoms with Crippen LogP contribution in [-0.4, -0.2) is 28.9 Å². The Kier molecular flexibility index (Phi) is 5.56. The third kappa shape index (κ3) is 3.91. The predicted molar refractivity (Wildman–Crippen MR) is 92.0 cm³/mol. The van der Waals surface area contributed by atoms with Crippen LogP contribution in [0.3, 0.4) is 0 Å². The third-order valence-electron chi connectivity index (χ3n) is 3.42. The molecule has 0 N–H and O–H groups in total. The lowest BCUT2D eigenvalue weighted by molar-refractivity contribution is 0.355. The Balaban J connectivity index is 2.51. The summed E-state index contributed by atoms with van der Waals surface area (Å²) in [5.41, 5.74) is 0.411. The average molecular weight is 374 g/mol. The second-order valence-electron chi connectivity index (χ2n) is 5.01. The number of rotatable bonds is 6. The Morgan fingerprint density at radius 1 is 1.12 bits per heavy atom. The lowest BCUT2D eigenvalue weighted by Gasteiger charge is -2.24. The number of methoxy groups -OCH3 is 2. The molecule has 0 bridgehead atoms. The number of nitrogens with zero attached hydrogens (tertiary/aromatic N) is 1. The van der Waals surface area contributed by atoms with Crippen LogP contribution in [0.1, 0.15) is 5.56 Å². The standard InChI is InChI=1S/C16H17ClFNO4S/c1-22-15-8-7-11(9-16(15)23-2)19(24(3,20)21)10-12-13(17)5-4-6-14(12)18/h4-9H,10H2,1-3H3. The molecule has 0 saturated heterocycles. The zero-order chi connectivity index (χ0) is 17.9. The van der Waals surface area contributed by atoms with E-state index in [1.807, 2.05) is 0 Å². The molecule has 0 aromatic heterocycles.